The number of hydrogen-bond donors (Lipinski definition) is 0. The van der Waals surface area contributed by atoms with Crippen molar-refractivity contribution in [2.75, 3.05) is 7.11 Å². The average molecular weight is 143 g/mol. The Bertz CT molecular complexity index is 180. The van der Waals surface area contributed by atoms with Gasteiger partial charge in [-0.25, -0.2) is 0 Å². The Morgan fingerprint density at radius 1 is 1.70 bits per heavy atom. The second-order valence-corrected chi connectivity index (χ2v) is 2.21. The fourth-order valence-corrected chi connectivity index (χ4v) is 0.219. The maximum atomic E-state index is 10.7. The topological polar surface area (TPSA) is 71.4 Å². The van der Waals surface area contributed by atoms with Crippen LogP contribution in [-0.2, 0) is 4.84 Å². The monoisotopic (exact) mass is 143 g/mol. The summed E-state index contributed by atoms with van der Waals surface area (Å²) in [4.78, 5) is 4.39. The van der Waals surface area contributed by atoms with E-state index in [1.54, 1.807) is 6.07 Å². The zero-order chi connectivity index (χ0) is 8.20. The smallest absolute Gasteiger partial charge is 0.281 e. The summed E-state index contributed by atoms with van der Waals surface area (Å²) in [5.74, 6) is 0. The Morgan fingerprint density at radius 2 is 2.20 bits per heavy atom. The van der Waals surface area contributed by atoms with Crippen LogP contribution >= 0.6 is 0 Å². The molecule has 0 aliphatic heterocycles. The highest BCUT2D eigenvalue weighted by Gasteiger charge is 2.28. The minimum absolute atomic E-state index is 0.215. The predicted molar refractivity (Wildman–Crippen MR) is 32.8 cm³/mol. The third kappa shape index (κ3) is 1.90. The zero-order valence-electron chi connectivity index (χ0n) is 6.16. The minimum atomic E-state index is -1.16. The lowest BCUT2D eigenvalue weighted by Crippen LogP contribution is -2.29. The summed E-state index contributed by atoms with van der Waals surface area (Å²) < 4.78 is 0. The number of hydrogen-bond acceptors (Lipinski definition) is 4. The second kappa shape index (κ2) is 3.01. The first-order valence-electron chi connectivity index (χ1n) is 2.67. The van der Waals surface area contributed by atoms with Crippen LogP contribution in [0.3, 0.4) is 0 Å². The van der Waals surface area contributed by atoms with Crippen LogP contribution in [-0.4, -0.2) is 17.5 Å². The Morgan fingerprint density at radius 3 is 2.50 bits per heavy atom. The molecule has 5 nitrogen and oxygen atoms in total. The van der Waals surface area contributed by atoms with Crippen LogP contribution in [0, 0.1) is 16.5 Å². The van der Waals surface area contributed by atoms with Gasteiger partial charge in [0.05, 0.1) is 0 Å². The number of rotatable bonds is 2. The van der Waals surface area contributed by atoms with E-state index < -0.39 is 5.54 Å². The summed E-state index contributed by atoms with van der Waals surface area (Å²) in [6, 6.07) is 1.77. The zero-order valence-corrected chi connectivity index (χ0v) is 6.16. The van der Waals surface area contributed by atoms with E-state index in [2.05, 4.69) is 10.1 Å². The highest BCUT2D eigenvalue weighted by molar-refractivity contribution is 4.91. The molecule has 0 aromatic heterocycles. The van der Waals surface area contributed by atoms with E-state index in [0.717, 1.165) is 0 Å². The van der Waals surface area contributed by atoms with E-state index in [-0.39, 0.29) is 4.86 Å². The normalized spacial score (nSPS) is 12.4. The number of nitrogens with zero attached hydrogens (tertiary/aromatic N) is 3. The summed E-state index contributed by atoms with van der Waals surface area (Å²) in [5, 5.41) is 22.1. The van der Waals surface area contributed by atoms with Crippen molar-refractivity contribution in [3.05, 3.63) is 5.21 Å². The van der Waals surface area contributed by atoms with E-state index in [1.807, 2.05) is 0 Å². The summed E-state index contributed by atoms with van der Waals surface area (Å²) in [6.07, 6.45) is 0. The Balaban J connectivity index is 4.36. The molecular weight excluding hydrogens is 134 g/mol. The van der Waals surface area contributed by atoms with Crippen molar-refractivity contribution in [2.45, 2.75) is 19.4 Å². The molecule has 0 saturated heterocycles. The lowest BCUT2D eigenvalue weighted by atomic mass is 10.1. The van der Waals surface area contributed by atoms with Crippen molar-refractivity contribution in [3.8, 4) is 6.07 Å². The molecule has 10 heavy (non-hydrogen) atoms. The van der Waals surface area contributed by atoms with Crippen molar-refractivity contribution < 1.29 is 9.70 Å². The van der Waals surface area contributed by atoms with Crippen LogP contribution in [0.5, 0.6) is 0 Å². The lowest BCUT2D eigenvalue weighted by molar-refractivity contribution is -0.610. The van der Waals surface area contributed by atoms with Crippen molar-refractivity contribution in [1.29, 1.82) is 5.26 Å². The molecule has 0 aromatic carbocycles. The van der Waals surface area contributed by atoms with E-state index >= 15 is 0 Å². The van der Waals surface area contributed by atoms with E-state index in [0.29, 0.717) is 0 Å². The third-order valence-corrected chi connectivity index (χ3v) is 0.908. The fourth-order valence-electron chi connectivity index (χ4n) is 0.219. The molecule has 0 fully saturated rings. The van der Waals surface area contributed by atoms with E-state index in [9.17, 15) is 5.21 Å². The molecule has 56 valence electrons. The predicted octanol–water partition coefficient (Wildman–Crippen LogP) is 0.812. The summed E-state index contributed by atoms with van der Waals surface area (Å²) in [5.41, 5.74) is -1.16. The van der Waals surface area contributed by atoms with Crippen molar-refractivity contribution in [1.82, 2.24) is 0 Å². The summed E-state index contributed by atoms with van der Waals surface area (Å²) >= 11 is 0. The lowest BCUT2D eigenvalue weighted by Gasteiger charge is -2.09. The fraction of sp³-hybridized carbons (Fsp3) is 0.800. The first-order chi connectivity index (χ1) is 4.54. The molecule has 0 unspecified atom stereocenters. The number of nitriles is 1. The second-order valence-electron chi connectivity index (χ2n) is 2.21. The van der Waals surface area contributed by atoms with Gasteiger partial charge in [-0.1, -0.05) is 0 Å². The molecule has 0 aliphatic carbocycles. The Labute approximate surface area is 59.1 Å². The van der Waals surface area contributed by atoms with Gasteiger partial charge in [0.1, 0.15) is 13.2 Å². The highest BCUT2D eigenvalue weighted by Crippen LogP contribution is 2.05. The van der Waals surface area contributed by atoms with Crippen LogP contribution in [0.4, 0.5) is 0 Å². The van der Waals surface area contributed by atoms with Crippen molar-refractivity contribution >= 4 is 0 Å². The Hall–Kier alpha value is -1.31. The molecule has 0 aliphatic rings. The molecule has 0 rings (SSSR count). The molecule has 0 saturated carbocycles. The molecule has 0 atom stereocenters. The van der Waals surface area contributed by atoms with Gasteiger partial charge in [0.2, 0.25) is 5.28 Å². The van der Waals surface area contributed by atoms with Gasteiger partial charge in [-0.15, -0.1) is 0 Å². The molecule has 5 heteroatoms. The molecule has 0 amide bonds. The van der Waals surface area contributed by atoms with Gasteiger partial charge in [0.15, 0.2) is 0 Å². The molecule has 0 heterocycles. The van der Waals surface area contributed by atoms with Crippen molar-refractivity contribution in [2.24, 2.45) is 5.28 Å². The maximum Gasteiger partial charge on any atom is 0.281 e. The van der Waals surface area contributed by atoms with Gasteiger partial charge in [-0.2, -0.15) is 5.26 Å². The van der Waals surface area contributed by atoms with Gasteiger partial charge < -0.3 is 10.0 Å². The average Bonchev–Trinajstić information content (AvgIpc) is 1.89. The van der Waals surface area contributed by atoms with E-state index in [4.69, 9.17) is 5.26 Å². The van der Waals surface area contributed by atoms with Gasteiger partial charge in [-0.05, 0) is 4.86 Å². The van der Waals surface area contributed by atoms with Crippen molar-refractivity contribution in [3.63, 3.8) is 0 Å². The molecule has 0 bridgehead atoms. The molecule has 0 aromatic rings. The largest absolute Gasteiger partial charge is 0.596 e. The van der Waals surface area contributed by atoms with Gasteiger partial charge >= 0.3 is 0 Å². The third-order valence-electron chi connectivity index (χ3n) is 0.908. The van der Waals surface area contributed by atoms with Crippen LogP contribution < -0.4 is 0 Å². The first kappa shape index (κ1) is 8.69. The van der Waals surface area contributed by atoms with Crippen LogP contribution in [0.25, 0.3) is 0 Å². The van der Waals surface area contributed by atoms with Crippen LogP contribution in [0.2, 0.25) is 0 Å². The Kier molecular flexibility index (Phi) is 2.62. The highest BCUT2D eigenvalue weighted by atomic mass is 16.7. The van der Waals surface area contributed by atoms with Crippen LogP contribution in [0.15, 0.2) is 5.28 Å². The molecule has 0 radical (unpaired) electrons. The molecule has 0 N–H and O–H groups in total. The summed E-state index contributed by atoms with van der Waals surface area (Å²) in [6.45, 7) is 2.89. The van der Waals surface area contributed by atoms with Gasteiger partial charge in [0, 0.05) is 13.8 Å². The van der Waals surface area contributed by atoms with E-state index in [1.165, 1.54) is 21.0 Å². The standard InChI is InChI=1S/C5H9N3O2/c1-5(2,4-6)8(9)7-10-3/h1-3H3/b8-7-. The maximum absolute atomic E-state index is 10.7. The molecule has 0 spiro atoms. The number of hydroxylamine groups is 1. The van der Waals surface area contributed by atoms with Crippen LogP contribution in [0.1, 0.15) is 13.8 Å². The molecular formula is C5H9N3O2. The first-order valence-corrected chi connectivity index (χ1v) is 2.67. The minimum Gasteiger partial charge on any atom is -0.596 e. The quantitative estimate of drug-likeness (QED) is 0.326. The summed E-state index contributed by atoms with van der Waals surface area (Å²) in [7, 11) is 1.25. The van der Waals surface area contributed by atoms with Gasteiger partial charge in [0.25, 0.3) is 5.54 Å². The SMILES string of the molecule is CO/N=[N+](\[O-])C(C)(C)C#N. The van der Waals surface area contributed by atoms with Gasteiger partial charge in [-0.3, -0.25) is 0 Å².